The van der Waals surface area contributed by atoms with E-state index in [4.69, 9.17) is 9.73 Å². The van der Waals surface area contributed by atoms with Crippen molar-refractivity contribution in [2.24, 2.45) is 10.9 Å². The van der Waals surface area contributed by atoms with Crippen molar-refractivity contribution in [3.63, 3.8) is 0 Å². The second kappa shape index (κ2) is 8.85. The lowest BCUT2D eigenvalue weighted by Gasteiger charge is -2.37. The summed E-state index contributed by atoms with van der Waals surface area (Å²) in [6.45, 7) is 1.91. The predicted octanol–water partition coefficient (Wildman–Crippen LogP) is 5.75. The molecule has 2 aromatic carbocycles. The van der Waals surface area contributed by atoms with Crippen LogP contribution in [0.5, 0.6) is 0 Å². The van der Waals surface area contributed by atoms with Crippen LogP contribution >= 0.6 is 0 Å². The normalized spacial score (nSPS) is 26.0. The summed E-state index contributed by atoms with van der Waals surface area (Å²) in [4.78, 5) is 31.8. The van der Waals surface area contributed by atoms with E-state index in [1.807, 2.05) is 55.5 Å². The van der Waals surface area contributed by atoms with Crippen molar-refractivity contribution < 1.29 is 14.3 Å². The average Bonchev–Trinajstić information content (AvgIpc) is 3.32. The summed E-state index contributed by atoms with van der Waals surface area (Å²) in [6, 6.07) is 20.1. The Kier molecular flexibility index (Phi) is 5.77. The number of carbonyl (C=O) groups excluding carboxylic acids is 2. The summed E-state index contributed by atoms with van der Waals surface area (Å²) in [5, 5.41) is 0. The highest BCUT2D eigenvalue weighted by Crippen LogP contribution is 2.47. The maximum Gasteiger partial charge on any atom is 0.315 e. The summed E-state index contributed by atoms with van der Waals surface area (Å²) >= 11 is 0. The summed E-state index contributed by atoms with van der Waals surface area (Å²) in [5.41, 5.74) is 4.45. The fourth-order valence-electron chi connectivity index (χ4n) is 5.59. The Morgan fingerprint density at radius 3 is 2.19 bits per heavy atom. The molecule has 1 fully saturated rings. The Morgan fingerprint density at radius 2 is 1.53 bits per heavy atom. The van der Waals surface area contributed by atoms with Gasteiger partial charge in [-0.05, 0) is 56.1 Å². The van der Waals surface area contributed by atoms with Crippen molar-refractivity contribution >= 4 is 17.5 Å². The number of hydrogen-bond donors (Lipinski definition) is 0. The van der Waals surface area contributed by atoms with Gasteiger partial charge in [-0.3, -0.25) is 14.6 Å². The molecule has 0 aromatic heterocycles. The molecule has 2 aliphatic carbocycles. The first-order valence-corrected chi connectivity index (χ1v) is 11.7. The predicted molar refractivity (Wildman–Crippen MR) is 125 cm³/mol. The maximum absolute atomic E-state index is 13.5. The number of carbonyl (C=O) groups is 2. The third kappa shape index (κ3) is 3.94. The molecule has 0 amide bonds. The molecule has 32 heavy (non-hydrogen) atoms. The van der Waals surface area contributed by atoms with E-state index in [-0.39, 0.29) is 29.7 Å². The lowest BCUT2D eigenvalue weighted by Crippen LogP contribution is -2.39. The van der Waals surface area contributed by atoms with Crippen LogP contribution in [0.15, 0.2) is 76.9 Å². The topological polar surface area (TPSA) is 55.7 Å². The van der Waals surface area contributed by atoms with E-state index < -0.39 is 5.92 Å². The van der Waals surface area contributed by atoms with Crippen LogP contribution in [0.25, 0.3) is 0 Å². The summed E-state index contributed by atoms with van der Waals surface area (Å²) in [5.74, 6) is -0.895. The van der Waals surface area contributed by atoms with Gasteiger partial charge in [0.1, 0.15) is 12.0 Å². The van der Waals surface area contributed by atoms with Gasteiger partial charge in [0, 0.05) is 29.3 Å². The molecule has 164 valence electrons. The van der Waals surface area contributed by atoms with E-state index >= 15 is 0 Å². The van der Waals surface area contributed by atoms with Gasteiger partial charge in [0.05, 0.1) is 0 Å². The number of rotatable bonds is 4. The minimum atomic E-state index is -0.547. The molecule has 0 radical (unpaired) electrons. The Morgan fingerprint density at radius 1 is 0.906 bits per heavy atom. The highest BCUT2D eigenvalue weighted by molar-refractivity contribution is 6.09. The van der Waals surface area contributed by atoms with E-state index in [9.17, 15) is 9.59 Å². The van der Waals surface area contributed by atoms with Crippen LogP contribution in [0.2, 0.25) is 0 Å². The zero-order chi connectivity index (χ0) is 22.1. The number of Topliss-reactive ketones (excluding diaryl/α,β-unsaturated/α-hetero) is 1. The molecule has 1 aliphatic heterocycles. The van der Waals surface area contributed by atoms with Crippen molar-refractivity contribution in [2.45, 2.75) is 63.4 Å². The van der Waals surface area contributed by atoms with Gasteiger partial charge in [-0.15, -0.1) is 0 Å². The average molecular weight is 428 g/mol. The lowest BCUT2D eigenvalue weighted by atomic mass is 9.69. The van der Waals surface area contributed by atoms with Crippen molar-refractivity contribution in [3.8, 4) is 0 Å². The van der Waals surface area contributed by atoms with Gasteiger partial charge >= 0.3 is 5.97 Å². The number of allylic oxidation sites excluding steroid dienone is 2. The standard InChI is InChI=1S/C28H29NO3/c1-18-25(28(31)32-22-14-8-9-15-22)26(20-12-6-3-7-13-20)27-23(29-18)16-21(17-24(27)30)19-10-4-2-5-11-19/h2-7,10-13,21-22,25-26H,8-9,14-17H2,1H3/t21-,25?,26-/m1/s1. The van der Waals surface area contributed by atoms with E-state index in [1.54, 1.807) is 0 Å². The molecule has 4 heteroatoms. The Hall–Kier alpha value is -3.01. The molecule has 3 atom stereocenters. The second-order valence-electron chi connectivity index (χ2n) is 9.26. The van der Waals surface area contributed by atoms with E-state index in [2.05, 4.69) is 12.1 Å². The molecule has 0 saturated heterocycles. The van der Waals surface area contributed by atoms with Crippen molar-refractivity contribution in [1.29, 1.82) is 0 Å². The van der Waals surface area contributed by atoms with Crippen LogP contribution < -0.4 is 0 Å². The zero-order valence-electron chi connectivity index (χ0n) is 18.5. The van der Waals surface area contributed by atoms with Gasteiger partial charge in [-0.25, -0.2) is 0 Å². The Balaban J connectivity index is 1.53. The summed E-state index contributed by atoms with van der Waals surface area (Å²) < 4.78 is 5.92. The van der Waals surface area contributed by atoms with Crippen LogP contribution in [-0.2, 0) is 14.3 Å². The first-order chi connectivity index (χ1) is 15.6. The minimum absolute atomic E-state index is 0.00776. The number of ether oxygens (including phenoxy) is 1. The van der Waals surface area contributed by atoms with Gasteiger partial charge in [-0.1, -0.05) is 60.7 Å². The number of aliphatic imine (C=N–C) groups is 1. The van der Waals surface area contributed by atoms with E-state index in [0.717, 1.165) is 49.1 Å². The second-order valence-corrected chi connectivity index (χ2v) is 9.26. The molecule has 3 aliphatic rings. The van der Waals surface area contributed by atoms with Gasteiger partial charge in [-0.2, -0.15) is 0 Å². The molecule has 0 spiro atoms. The number of nitrogens with zero attached hydrogens (tertiary/aromatic N) is 1. The number of hydrogen-bond acceptors (Lipinski definition) is 4. The van der Waals surface area contributed by atoms with Crippen LogP contribution in [0.3, 0.4) is 0 Å². The van der Waals surface area contributed by atoms with Crippen molar-refractivity contribution in [1.82, 2.24) is 0 Å². The van der Waals surface area contributed by atoms with E-state index in [1.165, 1.54) is 5.56 Å². The van der Waals surface area contributed by atoms with Crippen LogP contribution in [0.1, 0.15) is 68.4 Å². The number of esters is 1. The molecule has 2 aromatic rings. The molecular weight excluding hydrogens is 398 g/mol. The van der Waals surface area contributed by atoms with Gasteiger partial charge in [0.2, 0.25) is 0 Å². The van der Waals surface area contributed by atoms with Gasteiger partial charge < -0.3 is 4.74 Å². The fourth-order valence-corrected chi connectivity index (χ4v) is 5.59. The first kappa shape index (κ1) is 20.9. The number of benzene rings is 2. The molecule has 5 rings (SSSR count). The third-order valence-electron chi connectivity index (χ3n) is 7.16. The fraction of sp³-hybridized carbons (Fsp3) is 0.393. The van der Waals surface area contributed by atoms with Crippen molar-refractivity contribution in [2.75, 3.05) is 0 Å². The van der Waals surface area contributed by atoms with Gasteiger partial charge in [0.25, 0.3) is 0 Å². The molecule has 1 saturated carbocycles. The molecular formula is C28H29NO3. The van der Waals surface area contributed by atoms with E-state index in [0.29, 0.717) is 12.0 Å². The molecule has 1 heterocycles. The first-order valence-electron chi connectivity index (χ1n) is 11.7. The SMILES string of the molecule is CC1=NC2=C(C(=O)C[C@H](c3ccccc3)C2)[C@H](c2ccccc2)C1C(=O)OC1CCCC1. The quantitative estimate of drug-likeness (QED) is 0.584. The smallest absolute Gasteiger partial charge is 0.315 e. The Labute approximate surface area is 189 Å². The third-order valence-corrected chi connectivity index (χ3v) is 7.16. The summed E-state index contributed by atoms with van der Waals surface area (Å²) in [7, 11) is 0. The van der Waals surface area contributed by atoms with Crippen LogP contribution in [0.4, 0.5) is 0 Å². The summed E-state index contributed by atoms with van der Waals surface area (Å²) in [6.07, 6.45) is 5.22. The van der Waals surface area contributed by atoms with Crippen molar-refractivity contribution in [3.05, 3.63) is 83.1 Å². The highest BCUT2D eigenvalue weighted by Gasteiger charge is 2.45. The van der Waals surface area contributed by atoms with Crippen LogP contribution in [-0.4, -0.2) is 23.6 Å². The zero-order valence-corrected chi connectivity index (χ0v) is 18.5. The highest BCUT2D eigenvalue weighted by atomic mass is 16.5. The molecule has 1 unspecified atom stereocenters. The lowest BCUT2D eigenvalue weighted by molar-refractivity contribution is -0.151. The Bertz CT molecular complexity index is 1060. The monoisotopic (exact) mass is 427 g/mol. The van der Waals surface area contributed by atoms with Gasteiger partial charge in [0.15, 0.2) is 5.78 Å². The molecule has 4 nitrogen and oxygen atoms in total. The van der Waals surface area contributed by atoms with Crippen LogP contribution in [0, 0.1) is 5.92 Å². The maximum atomic E-state index is 13.5. The molecule has 0 N–H and O–H groups in total. The molecule has 0 bridgehead atoms. The number of ketones is 1. The largest absolute Gasteiger partial charge is 0.462 e. The minimum Gasteiger partial charge on any atom is -0.462 e.